The molecule has 1 fully saturated rings. The highest BCUT2D eigenvalue weighted by atomic mass is 16.5. The van der Waals surface area contributed by atoms with E-state index in [4.69, 9.17) is 4.74 Å². The number of benzene rings is 2. The second-order valence-electron chi connectivity index (χ2n) is 8.61. The molecular weight excluding hydrogens is 344 g/mol. The molecule has 2 aliphatic rings. The largest absolute Gasteiger partial charge is 0.497 e. The predicted octanol–water partition coefficient (Wildman–Crippen LogP) is 5.16. The van der Waals surface area contributed by atoms with Gasteiger partial charge in [-0.05, 0) is 79.8 Å². The lowest BCUT2D eigenvalue weighted by atomic mass is 9.84. The van der Waals surface area contributed by atoms with Crippen molar-refractivity contribution in [2.75, 3.05) is 26.7 Å². The molecule has 0 bridgehead atoms. The summed E-state index contributed by atoms with van der Waals surface area (Å²) in [5.74, 6) is 2.39. The summed E-state index contributed by atoms with van der Waals surface area (Å²) in [5, 5.41) is 1.44. The number of ether oxygens (including phenoxy) is 1. The van der Waals surface area contributed by atoms with Crippen LogP contribution in [0.15, 0.2) is 48.5 Å². The van der Waals surface area contributed by atoms with Crippen molar-refractivity contribution in [2.24, 2.45) is 5.92 Å². The van der Waals surface area contributed by atoms with Gasteiger partial charge in [0.25, 0.3) is 0 Å². The van der Waals surface area contributed by atoms with Crippen LogP contribution >= 0.6 is 0 Å². The van der Waals surface area contributed by atoms with Gasteiger partial charge in [-0.1, -0.05) is 30.3 Å². The number of hydrogen-bond acceptors (Lipinski definition) is 2. The van der Waals surface area contributed by atoms with Crippen LogP contribution in [0.5, 0.6) is 5.75 Å². The maximum absolute atomic E-state index is 5.44. The van der Waals surface area contributed by atoms with Crippen molar-refractivity contribution in [3.8, 4) is 5.75 Å². The van der Waals surface area contributed by atoms with E-state index in [2.05, 4.69) is 52.3 Å². The van der Waals surface area contributed by atoms with E-state index in [1.165, 1.54) is 73.9 Å². The number of H-pyrrole nitrogens is 1. The molecule has 0 amide bonds. The van der Waals surface area contributed by atoms with Crippen LogP contribution in [0.2, 0.25) is 0 Å². The van der Waals surface area contributed by atoms with Crippen molar-refractivity contribution in [1.82, 2.24) is 9.88 Å². The zero-order valence-corrected chi connectivity index (χ0v) is 16.8. The molecule has 146 valence electrons. The van der Waals surface area contributed by atoms with Crippen LogP contribution < -0.4 is 4.74 Å². The van der Waals surface area contributed by atoms with E-state index in [1.54, 1.807) is 12.7 Å². The van der Waals surface area contributed by atoms with E-state index in [-0.39, 0.29) is 0 Å². The summed E-state index contributed by atoms with van der Waals surface area (Å²) >= 11 is 0. The highest BCUT2D eigenvalue weighted by Crippen LogP contribution is 2.34. The lowest BCUT2D eigenvalue weighted by Gasteiger charge is -2.36. The number of piperidine rings is 1. The quantitative estimate of drug-likeness (QED) is 0.683. The summed E-state index contributed by atoms with van der Waals surface area (Å²) in [4.78, 5) is 6.37. The molecule has 0 spiro atoms. The van der Waals surface area contributed by atoms with Crippen LogP contribution in [-0.4, -0.2) is 36.6 Å². The Hall–Kier alpha value is -2.26. The van der Waals surface area contributed by atoms with Gasteiger partial charge in [-0.25, -0.2) is 0 Å². The number of methoxy groups -OCH3 is 1. The minimum absolute atomic E-state index is 0.635. The first-order valence-electron chi connectivity index (χ1n) is 10.7. The summed E-state index contributed by atoms with van der Waals surface area (Å²) in [6.45, 7) is 3.67. The van der Waals surface area contributed by atoms with Gasteiger partial charge in [0, 0.05) is 29.7 Å². The summed E-state index contributed by atoms with van der Waals surface area (Å²) in [5.41, 5.74) is 5.80. The molecule has 3 aromatic rings. The van der Waals surface area contributed by atoms with Crippen molar-refractivity contribution < 1.29 is 4.74 Å². The highest BCUT2D eigenvalue weighted by Gasteiger charge is 2.27. The van der Waals surface area contributed by atoms with Gasteiger partial charge in [0.1, 0.15) is 5.75 Å². The Morgan fingerprint density at radius 3 is 2.96 bits per heavy atom. The Morgan fingerprint density at radius 2 is 2.04 bits per heavy atom. The van der Waals surface area contributed by atoms with E-state index in [0.29, 0.717) is 5.92 Å². The number of nitrogens with one attached hydrogen (secondary N) is 1. The number of likely N-dealkylation sites (tertiary alicyclic amines) is 1. The van der Waals surface area contributed by atoms with Crippen molar-refractivity contribution in [2.45, 2.75) is 38.0 Å². The van der Waals surface area contributed by atoms with E-state index in [1.807, 2.05) is 6.07 Å². The zero-order chi connectivity index (χ0) is 18.9. The molecule has 1 N–H and O–H groups in total. The number of aromatic nitrogens is 1. The fourth-order valence-corrected chi connectivity index (χ4v) is 5.35. The number of para-hydroxylation sites is 1. The third kappa shape index (κ3) is 3.44. The Balaban J connectivity index is 1.27. The van der Waals surface area contributed by atoms with Crippen LogP contribution in [0.25, 0.3) is 10.9 Å². The molecule has 1 aliphatic heterocycles. The average molecular weight is 375 g/mol. The molecule has 28 heavy (non-hydrogen) atoms. The molecule has 2 aromatic carbocycles. The average Bonchev–Trinajstić information content (AvgIpc) is 3.12. The monoisotopic (exact) mass is 374 g/mol. The van der Waals surface area contributed by atoms with Gasteiger partial charge in [-0.2, -0.15) is 0 Å². The third-order valence-electron chi connectivity index (χ3n) is 6.78. The molecule has 2 unspecified atom stereocenters. The van der Waals surface area contributed by atoms with Gasteiger partial charge in [-0.15, -0.1) is 0 Å². The number of aromatic amines is 1. The molecule has 0 radical (unpaired) electrons. The van der Waals surface area contributed by atoms with Gasteiger partial charge in [0.05, 0.1) is 7.11 Å². The third-order valence-corrected chi connectivity index (χ3v) is 6.78. The lowest BCUT2D eigenvalue weighted by molar-refractivity contribution is 0.172. The summed E-state index contributed by atoms with van der Waals surface area (Å²) in [7, 11) is 1.76. The molecule has 2 heterocycles. The lowest BCUT2D eigenvalue weighted by Crippen LogP contribution is -2.39. The van der Waals surface area contributed by atoms with E-state index < -0.39 is 0 Å². The van der Waals surface area contributed by atoms with Crippen molar-refractivity contribution in [3.05, 3.63) is 65.4 Å². The smallest absolute Gasteiger partial charge is 0.119 e. The van der Waals surface area contributed by atoms with Crippen LogP contribution in [0.4, 0.5) is 0 Å². The maximum Gasteiger partial charge on any atom is 0.119 e. The number of aryl methyl sites for hydroxylation is 1. The minimum Gasteiger partial charge on any atom is -0.497 e. The van der Waals surface area contributed by atoms with Crippen LogP contribution in [0.3, 0.4) is 0 Å². The molecule has 1 saturated heterocycles. The van der Waals surface area contributed by atoms with Crippen molar-refractivity contribution >= 4 is 10.9 Å². The van der Waals surface area contributed by atoms with Gasteiger partial charge >= 0.3 is 0 Å². The SMILES string of the molecule is COc1cccc(C2CCCN(CC3CCc4[nH]c5ccccc5c4C3)C2)c1. The first-order chi connectivity index (χ1) is 13.8. The van der Waals surface area contributed by atoms with Gasteiger partial charge in [0.15, 0.2) is 0 Å². The van der Waals surface area contributed by atoms with Crippen molar-refractivity contribution in [3.63, 3.8) is 0 Å². The van der Waals surface area contributed by atoms with E-state index >= 15 is 0 Å². The first kappa shape index (κ1) is 17.8. The Kier molecular flexibility index (Phi) is 4.86. The summed E-state index contributed by atoms with van der Waals surface area (Å²) in [6, 6.07) is 17.5. The molecule has 3 heteroatoms. The highest BCUT2D eigenvalue weighted by molar-refractivity contribution is 5.84. The number of hydrogen-bond donors (Lipinski definition) is 1. The number of fused-ring (bicyclic) bond motifs is 3. The standard InChI is InChI=1S/C25H30N2O/c1-28-21-8-4-6-19(15-21)20-7-5-13-27(17-20)16-18-11-12-25-23(14-18)22-9-2-3-10-24(22)26-25/h2-4,6,8-10,15,18,20,26H,5,7,11-14,16-17H2,1H3. The van der Waals surface area contributed by atoms with Gasteiger partial charge in [0.2, 0.25) is 0 Å². The summed E-state index contributed by atoms with van der Waals surface area (Å²) < 4.78 is 5.44. The molecule has 1 aliphatic carbocycles. The molecule has 3 nitrogen and oxygen atoms in total. The molecule has 2 atom stereocenters. The normalized spacial score (nSPS) is 22.9. The zero-order valence-electron chi connectivity index (χ0n) is 16.8. The second-order valence-corrected chi connectivity index (χ2v) is 8.61. The number of rotatable bonds is 4. The van der Waals surface area contributed by atoms with E-state index in [0.717, 1.165) is 11.7 Å². The molecular formula is C25H30N2O. The van der Waals surface area contributed by atoms with Crippen LogP contribution in [0.1, 0.15) is 42.0 Å². The Bertz CT molecular complexity index is 960. The second kappa shape index (κ2) is 7.63. The fourth-order valence-electron chi connectivity index (χ4n) is 5.35. The first-order valence-corrected chi connectivity index (χ1v) is 10.7. The Labute approximate surface area is 167 Å². The fraction of sp³-hybridized carbons (Fsp3) is 0.440. The van der Waals surface area contributed by atoms with Crippen LogP contribution in [0, 0.1) is 5.92 Å². The maximum atomic E-state index is 5.44. The van der Waals surface area contributed by atoms with Gasteiger partial charge < -0.3 is 14.6 Å². The molecule has 1 aromatic heterocycles. The Morgan fingerprint density at radius 1 is 1.11 bits per heavy atom. The van der Waals surface area contributed by atoms with Crippen LogP contribution in [-0.2, 0) is 12.8 Å². The molecule has 0 saturated carbocycles. The van der Waals surface area contributed by atoms with E-state index in [9.17, 15) is 0 Å². The minimum atomic E-state index is 0.635. The molecule has 5 rings (SSSR count). The number of nitrogens with zero attached hydrogens (tertiary/aromatic N) is 1. The van der Waals surface area contributed by atoms with Gasteiger partial charge in [-0.3, -0.25) is 0 Å². The topological polar surface area (TPSA) is 28.3 Å². The summed E-state index contributed by atoms with van der Waals surface area (Å²) in [6.07, 6.45) is 6.31. The predicted molar refractivity (Wildman–Crippen MR) is 115 cm³/mol. The van der Waals surface area contributed by atoms with Crippen molar-refractivity contribution in [1.29, 1.82) is 0 Å².